The normalized spacial score (nSPS) is 12.6. The van der Waals surface area contributed by atoms with Crippen LogP contribution in [0.25, 0.3) is 0 Å². The lowest BCUT2D eigenvalue weighted by Gasteiger charge is -2.32. The van der Waals surface area contributed by atoms with Crippen LogP contribution in [0.3, 0.4) is 0 Å². The Labute approximate surface area is 143 Å². The van der Waals surface area contributed by atoms with Gasteiger partial charge in [-0.1, -0.05) is 12.1 Å². The second-order valence-electron chi connectivity index (χ2n) is 7.89. The first-order chi connectivity index (χ1) is 10.7. The van der Waals surface area contributed by atoms with Crippen LogP contribution >= 0.6 is 0 Å². The van der Waals surface area contributed by atoms with Gasteiger partial charge in [-0.05, 0) is 59.2 Å². The van der Waals surface area contributed by atoms with E-state index in [-0.39, 0.29) is 6.42 Å². The zero-order valence-corrected chi connectivity index (χ0v) is 15.3. The van der Waals surface area contributed by atoms with E-state index in [0.717, 1.165) is 0 Å². The van der Waals surface area contributed by atoms with E-state index in [9.17, 15) is 9.59 Å². The molecule has 6 nitrogen and oxygen atoms in total. The van der Waals surface area contributed by atoms with Crippen LogP contribution in [0.2, 0.25) is 0 Å². The maximum absolute atomic E-state index is 12.6. The number of rotatable bonds is 4. The number of esters is 2. The van der Waals surface area contributed by atoms with Gasteiger partial charge >= 0.3 is 11.9 Å². The molecule has 0 aromatic heterocycles. The Morgan fingerprint density at radius 1 is 0.875 bits per heavy atom. The number of nitrogens with two attached hydrogens (primary N) is 2. The standard InChI is InChI=1S/C18H28N2O4/c1-16(2,3)23-14(21)18(20,15(22)24-17(4,5)6)11-12-7-9-13(19)10-8-12/h7-10H,11,19-20H2,1-6H3. The van der Waals surface area contributed by atoms with Crippen LogP contribution in [-0.2, 0) is 25.5 Å². The molecule has 1 rings (SSSR count). The van der Waals surface area contributed by atoms with E-state index in [1.54, 1.807) is 65.8 Å². The fourth-order valence-corrected chi connectivity index (χ4v) is 1.92. The summed E-state index contributed by atoms with van der Waals surface area (Å²) < 4.78 is 10.7. The fraction of sp³-hybridized carbons (Fsp3) is 0.556. The molecule has 0 aliphatic rings. The van der Waals surface area contributed by atoms with E-state index in [2.05, 4.69) is 0 Å². The maximum Gasteiger partial charge on any atom is 0.338 e. The Balaban J connectivity index is 3.16. The first-order valence-corrected chi connectivity index (χ1v) is 7.83. The van der Waals surface area contributed by atoms with Gasteiger partial charge in [0.05, 0.1) is 0 Å². The Kier molecular flexibility index (Phi) is 5.66. The predicted molar refractivity (Wildman–Crippen MR) is 93.2 cm³/mol. The number of benzene rings is 1. The summed E-state index contributed by atoms with van der Waals surface area (Å²) in [6, 6.07) is 6.79. The van der Waals surface area contributed by atoms with Crippen molar-refractivity contribution in [2.75, 3.05) is 5.73 Å². The van der Waals surface area contributed by atoms with Crippen molar-refractivity contribution < 1.29 is 19.1 Å². The van der Waals surface area contributed by atoms with E-state index in [0.29, 0.717) is 11.3 Å². The molecule has 24 heavy (non-hydrogen) atoms. The first kappa shape index (κ1) is 20.0. The van der Waals surface area contributed by atoms with Gasteiger partial charge in [0.25, 0.3) is 0 Å². The van der Waals surface area contributed by atoms with Gasteiger partial charge in [-0.2, -0.15) is 0 Å². The van der Waals surface area contributed by atoms with Crippen molar-refractivity contribution in [1.82, 2.24) is 0 Å². The minimum Gasteiger partial charge on any atom is -0.458 e. The Morgan fingerprint density at radius 3 is 1.58 bits per heavy atom. The van der Waals surface area contributed by atoms with E-state index >= 15 is 0 Å². The third kappa shape index (κ3) is 5.85. The molecule has 1 aromatic rings. The topological polar surface area (TPSA) is 105 Å². The van der Waals surface area contributed by atoms with Crippen LogP contribution < -0.4 is 11.5 Å². The van der Waals surface area contributed by atoms with Gasteiger partial charge in [-0.3, -0.25) is 0 Å². The second-order valence-corrected chi connectivity index (χ2v) is 7.89. The van der Waals surface area contributed by atoms with Crippen LogP contribution in [0, 0.1) is 0 Å². The number of carbonyl (C=O) groups excluding carboxylic acids is 2. The van der Waals surface area contributed by atoms with Gasteiger partial charge in [0.2, 0.25) is 5.54 Å². The van der Waals surface area contributed by atoms with Gasteiger partial charge in [0.1, 0.15) is 11.2 Å². The Morgan fingerprint density at radius 2 is 1.25 bits per heavy atom. The molecule has 0 heterocycles. The first-order valence-electron chi connectivity index (χ1n) is 7.83. The summed E-state index contributed by atoms with van der Waals surface area (Å²) in [6.45, 7) is 10.3. The highest BCUT2D eigenvalue weighted by Crippen LogP contribution is 2.22. The quantitative estimate of drug-likeness (QED) is 0.496. The van der Waals surface area contributed by atoms with Gasteiger partial charge in [0.15, 0.2) is 0 Å². The zero-order valence-electron chi connectivity index (χ0n) is 15.3. The van der Waals surface area contributed by atoms with Crippen LogP contribution in [0.4, 0.5) is 5.69 Å². The lowest BCUT2D eigenvalue weighted by molar-refractivity contribution is -0.176. The van der Waals surface area contributed by atoms with Gasteiger partial charge in [-0.15, -0.1) is 0 Å². The third-order valence-corrected chi connectivity index (χ3v) is 2.99. The van der Waals surface area contributed by atoms with Gasteiger partial charge < -0.3 is 20.9 Å². The Hall–Kier alpha value is -2.08. The van der Waals surface area contributed by atoms with Crippen molar-refractivity contribution in [3.63, 3.8) is 0 Å². The highest BCUT2D eigenvalue weighted by atomic mass is 16.6. The van der Waals surface area contributed by atoms with Gasteiger partial charge in [0, 0.05) is 12.1 Å². The van der Waals surface area contributed by atoms with E-state index in [1.165, 1.54) is 0 Å². The van der Waals surface area contributed by atoms with Crippen molar-refractivity contribution in [3.8, 4) is 0 Å². The molecule has 4 N–H and O–H groups in total. The molecular formula is C18H28N2O4. The minimum atomic E-state index is -1.93. The number of carbonyl (C=O) groups is 2. The summed E-state index contributed by atoms with van der Waals surface area (Å²) in [5.41, 5.74) is 9.63. The summed E-state index contributed by atoms with van der Waals surface area (Å²) >= 11 is 0. The summed E-state index contributed by atoms with van der Waals surface area (Å²) in [6.07, 6.45) is -0.0445. The zero-order chi connectivity index (χ0) is 18.8. The molecular weight excluding hydrogens is 308 g/mol. The molecule has 0 aliphatic carbocycles. The summed E-state index contributed by atoms with van der Waals surface area (Å²) in [5, 5.41) is 0. The van der Waals surface area contributed by atoms with E-state index < -0.39 is 28.7 Å². The molecule has 0 fully saturated rings. The molecule has 0 aliphatic heterocycles. The summed E-state index contributed by atoms with van der Waals surface area (Å²) in [7, 11) is 0. The molecule has 0 saturated carbocycles. The molecule has 6 heteroatoms. The number of ether oxygens (including phenoxy) is 2. The molecule has 0 bridgehead atoms. The summed E-state index contributed by atoms with van der Waals surface area (Å²) in [5.74, 6) is -1.64. The average Bonchev–Trinajstić information content (AvgIpc) is 2.37. The molecule has 0 unspecified atom stereocenters. The highest BCUT2D eigenvalue weighted by molar-refractivity contribution is 6.05. The molecule has 1 aromatic carbocycles. The average molecular weight is 336 g/mol. The molecule has 0 spiro atoms. The molecule has 0 radical (unpaired) electrons. The fourth-order valence-electron chi connectivity index (χ4n) is 1.92. The van der Waals surface area contributed by atoms with Crippen molar-refractivity contribution in [1.29, 1.82) is 0 Å². The number of nitrogen functional groups attached to an aromatic ring is 1. The lowest BCUT2D eigenvalue weighted by Crippen LogP contribution is -2.60. The van der Waals surface area contributed by atoms with E-state index in [1.807, 2.05) is 0 Å². The predicted octanol–water partition coefficient (Wildman–Crippen LogP) is 2.19. The number of anilines is 1. The van der Waals surface area contributed by atoms with Crippen LogP contribution in [0.15, 0.2) is 24.3 Å². The molecule has 0 saturated heterocycles. The minimum absolute atomic E-state index is 0.0445. The van der Waals surface area contributed by atoms with Crippen LogP contribution in [0.5, 0.6) is 0 Å². The Bertz CT molecular complexity index is 567. The van der Waals surface area contributed by atoms with Crippen LogP contribution in [0.1, 0.15) is 47.1 Å². The maximum atomic E-state index is 12.6. The monoisotopic (exact) mass is 336 g/mol. The second kappa shape index (κ2) is 6.81. The molecule has 0 atom stereocenters. The smallest absolute Gasteiger partial charge is 0.338 e. The SMILES string of the molecule is CC(C)(C)OC(=O)C(N)(Cc1ccc(N)cc1)C(=O)OC(C)(C)C. The van der Waals surface area contributed by atoms with Crippen molar-refractivity contribution in [2.45, 2.75) is 64.7 Å². The van der Waals surface area contributed by atoms with Crippen LogP contribution in [-0.4, -0.2) is 28.7 Å². The third-order valence-electron chi connectivity index (χ3n) is 2.99. The summed E-state index contributed by atoms with van der Waals surface area (Å²) in [4.78, 5) is 25.2. The van der Waals surface area contributed by atoms with Crippen molar-refractivity contribution >= 4 is 17.6 Å². The van der Waals surface area contributed by atoms with Crippen molar-refractivity contribution in [3.05, 3.63) is 29.8 Å². The largest absolute Gasteiger partial charge is 0.458 e. The van der Waals surface area contributed by atoms with E-state index in [4.69, 9.17) is 20.9 Å². The molecule has 0 amide bonds. The van der Waals surface area contributed by atoms with Crippen molar-refractivity contribution in [2.24, 2.45) is 5.73 Å². The molecule has 134 valence electrons. The lowest BCUT2D eigenvalue weighted by atomic mass is 9.91. The highest BCUT2D eigenvalue weighted by Gasteiger charge is 2.48. The number of hydrogen-bond acceptors (Lipinski definition) is 6. The van der Waals surface area contributed by atoms with Gasteiger partial charge in [-0.25, -0.2) is 9.59 Å². The number of hydrogen-bond donors (Lipinski definition) is 2.